The third kappa shape index (κ3) is 3.74. The van der Waals surface area contributed by atoms with Gasteiger partial charge in [-0.15, -0.1) is 5.10 Å². The molecule has 150 valence electrons. The van der Waals surface area contributed by atoms with Crippen molar-refractivity contribution in [3.63, 3.8) is 0 Å². The highest BCUT2D eigenvalue weighted by Gasteiger charge is 2.25. The molecule has 9 nitrogen and oxygen atoms in total. The summed E-state index contributed by atoms with van der Waals surface area (Å²) in [7, 11) is -3.82. The number of hydrogen-bond donors (Lipinski definition) is 4. The van der Waals surface area contributed by atoms with Crippen molar-refractivity contribution < 1.29 is 13.2 Å². The minimum atomic E-state index is -3.82. The minimum absolute atomic E-state index is 0.0745. The van der Waals surface area contributed by atoms with Gasteiger partial charge in [-0.25, -0.2) is 18.2 Å². The van der Waals surface area contributed by atoms with Crippen molar-refractivity contribution in [3.05, 3.63) is 28.3 Å². The summed E-state index contributed by atoms with van der Waals surface area (Å²) in [5.74, 6) is 0.0323. The summed E-state index contributed by atoms with van der Waals surface area (Å²) in [6, 6.07) is 2.34. The quantitative estimate of drug-likeness (QED) is 0.508. The largest absolute Gasteiger partial charge is 0.355 e. The topological polar surface area (TPSA) is 129 Å². The van der Waals surface area contributed by atoms with Gasteiger partial charge in [-0.1, -0.05) is 6.07 Å². The maximum atomic E-state index is 12.3. The Morgan fingerprint density at radius 1 is 1.11 bits per heavy atom. The van der Waals surface area contributed by atoms with Gasteiger partial charge in [0.2, 0.25) is 11.9 Å². The van der Waals surface area contributed by atoms with Gasteiger partial charge in [0, 0.05) is 25.7 Å². The molecule has 1 heterocycles. The Morgan fingerprint density at radius 2 is 1.79 bits per heavy atom. The zero-order chi connectivity index (χ0) is 19.7. The van der Waals surface area contributed by atoms with Gasteiger partial charge in [-0.05, 0) is 60.8 Å². The summed E-state index contributed by atoms with van der Waals surface area (Å²) in [5, 5.41) is 12.1. The van der Waals surface area contributed by atoms with Crippen LogP contribution in [0.4, 0.5) is 11.6 Å². The van der Waals surface area contributed by atoms with Crippen LogP contribution in [0.15, 0.2) is 11.2 Å². The molecule has 0 radical (unpaired) electrons. The van der Waals surface area contributed by atoms with Crippen molar-refractivity contribution in [1.82, 2.24) is 25.2 Å². The summed E-state index contributed by atoms with van der Waals surface area (Å²) in [6.45, 7) is 1.65. The lowest BCUT2D eigenvalue weighted by Crippen LogP contribution is -2.34. The van der Waals surface area contributed by atoms with Crippen LogP contribution >= 0.6 is 0 Å². The molecule has 2 aromatic rings. The van der Waals surface area contributed by atoms with Crippen molar-refractivity contribution >= 4 is 27.6 Å². The minimum Gasteiger partial charge on any atom is -0.355 e. The van der Waals surface area contributed by atoms with Gasteiger partial charge < -0.3 is 10.6 Å². The van der Waals surface area contributed by atoms with E-state index in [0.29, 0.717) is 0 Å². The second-order valence-corrected chi connectivity index (χ2v) is 8.89. The van der Waals surface area contributed by atoms with Crippen molar-refractivity contribution in [2.45, 2.75) is 50.6 Å². The molecule has 4 N–H and O–H groups in total. The molecular weight excluding hydrogens is 380 g/mol. The summed E-state index contributed by atoms with van der Waals surface area (Å²) < 4.78 is 27.1. The molecule has 0 saturated carbocycles. The summed E-state index contributed by atoms with van der Waals surface area (Å²) in [5.41, 5.74) is 6.44. The van der Waals surface area contributed by atoms with Crippen molar-refractivity contribution in [2.75, 3.05) is 18.4 Å². The molecule has 4 rings (SSSR count). The maximum Gasteiger partial charge on any atom is 0.275 e. The number of H-pyrrole nitrogens is 1. The molecule has 10 heteroatoms. The molecule has 0 aliphatic heterocycles. The number of sulfonamides is 1. The van der Waals surface area contributed by atoms with Gasteiger partial charge >= 0.3 is 0 Å². The highest BCUT2D eigenvalue weighted by Crippen LogP contribution is 2.39. The molecule has 0 spiro atoms. The fourth-order valence-electron chi connectivity index (χ4n) is 3.99. The maximum absolute atomic E-state index is 12.3. The van der Waals surface area contributed by atoms with E-state index in [2.05, 4.69) is 36.6 Å². The van der Waals surface area contributed by atoms with Crippen LogP contribution in [0.5, 0.6) is 0 Å². The van der Waals surface area contributed by atoms with Crippen molar-refractivity contribution in [1.29, 1.82) is 0 Å². The summed E-state index contributed by atoms with van der Waals surface area (Å²) in [4.78, 5) is 15.0. The van der Waals surface area contributed by atoms with E-state index in [4.69, 9.17) is 0 Å². The van der Waals surface area contributed by atoms with E-state index < -0.39 is 10.0 Å². The fourth-order valence-corrected chi connectivity index (χ4v) is 4.87. The van der Waals surface area contributed by atoms with Crippen LogP contribution in [0.3, 0.4) is 0 Å². The van der Waals surface area contributed by atoms with Crippen LogP contribution in [0, 0.1) is 0 Å². The number of carbonyl (C=O) groups is 1. The molecule has 0 bridgehead atoms. The van der Waals surface area contributed by atoms with Gasteiger partial charge in [0.25, 0.3) is 15.2 Å². The fraction of sp³-hybridized carbons (Fsp3) is 0.500. The Bertz CT molecular complexity index is 982. The summed E-state index contributed by atoms with van der Waals surface area (Å²) in [6.07, 6.45) is 6.49. The average Bonchev–Trinajstić information content (AvgIpc) is 3.38. The Labute approximate surface area is 163 Å². The molecule has 0 fully saturated rings. The number of amides is 1. The number of rotatable bonds is 7. The van der Waals surface area contributed by atoms with Gasteiger partial charge in [0.15, 0.2) is 0 Å². The molecule has 2 aliphatic carbocycles. The molecule has 0 atom stereocenters. The third-order valence-corrected chi connectivity index (χ3v) is 6.50. The standard InChI is InChI=1S/C18H24N6O3S/c1-11(25)19-8-9-20-28(26,27)18-22-17(23-24-18)21-16-14-6-2-4-12(14)10-13-5-3-7-15(13)16/h10,20H,2-9H2,1H3,(H,19,25)(H2,21,22,23,24). The number of carbonyl (C=O) groups excluding carboxylic acids is 1. The molecular formula is C18H24N6O3S. The number of aromatic amines is 1. The number of nitrogens with zero attached hydrogens (tertiary/aromatic N) is 2. The van der Waals surface area contributed by atoms with E-state index in [1.165, 1.54) is 29.2 Å². The lowest BCUT2D eigenvalue weighted by molar-refractivity contribution is -0.118. The number of anilines is 2. The Hall–Kier alpha value is -2.46. The first-order valence-corrected chi connectivity index (χ1v) is 11.0. The van der Waals surface area contributed by atoms with Crippen molar-refractivity contribution in [3.8, 4) is 0 Å². The zero-order valence-electron chi connectivity index (χ0n) is 15.8. The van der Waals surface area contributed by atoms with Gasteiger partial charge in [-0.2, -0.15) is 4.98 Å². The van der Waals surface area contributed by atoms with E-state index in [0.717, 1.165) is 44.2 Å². The lowest BCUT2D eigenvalue weighted by Gasteiger charge is -2.15. The zero-order valence-corrected chi connectivity index (χ0v) is 16.6. The van der Waals surface area contributed by atoms with Crippen LogP contribution < -0.4 is 15.4 Å². The van der Waals surface area contributed by atoms with Crippen LogP contribution in [0.2, 0.25) is 0 Å². The second-order valence-electron chi connectivity index (χ2n) is 7.20. The monoisotopic (exact) mass is 404 g/mol. The van der Waals surface area contributed by atoms with Gasteiger partial charge in [0.1, 0.15) is 0 Å². The van der Waals surface area contributed by atoms with E-state index in [9.17, 15) is 13.2 Å². The van der Waals surface area contributed by atoms with Crippen LogP contribution in [0.1, 0.15) is 42.0 Å². The number of hydrogen-bond acceptors (Lipinski definition) is 6. The number of aromatic nitrogens is 3. The molecule has 1 aromatic heterocycles. The molecule has 1 aromatic carbocycles. The Kier molecular flexibility index (Phi) is 5.07. The number of fused-ring (bicyclic) bond motifs is 2. The first-order chi connectivity index (χ1) is 13.4. The predicted octanol–water partition coefficient (Wildman–Crippen LogP) is 0.940. The third-order valence-electron chi connectivity index (χ3n) is 5.22. The lowest BCUT2D eigenvalue weighted by atomic mass is 9.99. The van der Waals surface area contributed by atoms with Gasteiger partial charge in [-0.3, -0.25) is 4.79 Å². The second kappa shape index (κ2) is 7.51. The number of benzene rings is 1. The first kappa shape index (κ1) is 18.9. The summed E-state index contributed by atoms with van der Waals surface area (Å²) >= 11 is 0. The molecule has 1 amide bonds. The van der Waals surface area contributed by atoms with E-state index in [-0.39, 0.29) is 30.1 Å². The number of aryl methyl sites for hydroxylation is 2. The van der Waals surface area contributed by atoms with Crippen molar-refractivity contribution in [2.24, 2.45) is 0 Å². The van der Waals surface area contributed by atoms with Crippen LogP contribution in [0.25, 0.3) is 0 Å². The van der Waals surface area contributed by atoms with E-state index in [1.807, 2.05) is 0 Å². The van der Waals surface area contributed by atoms with Gasteiger partial charge in [0.05, 0.1) is 0 Å². The molecule has 0 saturated heterocycles. The van der Waals surface area contributed by atoms with E-state index >= 15 is 0 Å². The molecule has 28 heavy (non-hydrogen) atoms. The SMILES string of the molecule is CC(=O)NCCNS(=O)(=O)c1nc(Nc2c3c(cc4c2CCC4)CCC3)n[nH]1. The molecule has 2 aliphatic rings. The smallest absolute Gasteiger partial charge is 0.275 e. The van der Waals surface area contributed by atoms with Crippen LogP contribution in [-0.4, -0.2) is 42.6 Å². The highest BCUT2D eigenvalue weighted by molar-refractivity contribution is 7.89. The number of nitrogens with one attached hydrogen (secondary N) is 4. The molecule has 0 unspecified atom stereocenters. The van der Waals surface area contributed by atoms with Crippen LogP contribution in [-0.2, 0) is 40.5 Å². The first-order valence-electron chi connectivity index (χ1n) is 9.54. The Morgan fingerprint density at radius 3 is 2.43 bits per heavy atom. The predicted molar refractivity (Wildman–Crippen MR) is 104 cm³/mol. The highest BCUT2D eigenvalue weighted by atomic mass is 32.2. The normalized spacial score (nSPS) is 15.3. The Balaban J connectivity index is 1.51. The average molecular weight is 404 g/mol. The van der Waals surface area contributed by atoms with E-state index in [1.54, 1.807) is 0 Å².